The molecule has 3 aromatic rings. The van der Waals surface area contributed by atoms with Crippen LogP contribution in [-0.2, 0) is 0 Å². The van der Waals surface area contributed by atoms with Gasteiger partial charge in [-0.1, -0.05) is 18.2 Å². The number of fused-ring (bicyclic) bond motifs is 1. The third-order valence-electron chi connectivity index (χ3n) is 3.62. The molecule has 2 aromatic carbocycles. The van der Waals surface area contributed by atoms with Crippen molar-refractivity contribution < 1.29 is 18.7 Å². The smallest absolute Gasteiger partial charge is 0.343 e. The van der Waals surface area contributed by atoms with Crippen molar-refractivity contribution in [3.63, 3.8) is 0 Å². The van der Waals surface area contributed by atoms with Gasteiger partial charge < -0.3 is 19.2 Å². The number of hydrogen-bond acceptors (Lipinski definition) is 5. The molecule has 0 saturated carbocycles. The predicted molar refractivity (Wildman–Crippen MR) is 90.0 cm³/mol. The van der Waals surface area contributed by atoms with Crippen LogP contribution in [0.5, 0.6) is 11.5 Å². The van der Waals surface area contributed by atoms with Gasteiger partial charge >= 0.3 is 5.63 Å². The first-order chi connectivity index (χ1) is 11.6. The summed E-state index contributed by atoms with van der Waals surface area (Å²) in [5.74, 6) is 0.655. The molecular formula is C18H15NO5. The fourth-order valence-electron chi connectivity index (χ4n) is 2.41. The van der Waals surface area contributed by atoms with Crippen LogP contribution in [0.1, 0.15) is 10.4 Å². The van der Waals surface area contributed by atoms with Gasteiger partial charge in [-0.2, -0.15) is 0 Å². The van der Waals surface area contributed by atoms with E-state index in [0.717, 1.165) is 6.26 Å². The van der Waals surface area contributed by atoms with Gasteiger partial charge in [-0.05, 0) is 18.2 Å². The average Bonchev–Trinajstić information content (AvgIpc) is 2.62. The molecule has 1 amide bonds. The quantitative estimate of drug-likeness (QED) is 0.797. The largest absolute Gasteiger partial charge is 0.497 e. The van der Waals surface area contributed by atoms with Crippen LogP contribution in [-0.4, -0.2) is 20.1 Å². The van der Waals surface area contributed by atoms with Crippen LogP contribution >= 0.6 is 0 Å². The van der Waals surface area contributed by atoms with Crippen LogP contribution in [0.25, 0.3) is 10.8 Å². The van der Waals surface area contributed by atoms with Gasteiger partial charge in [0, 0.05) is 11.5 Å². The van der Waals surface area contributed by atoms with E-state index in [1.807, 2.05) is 0 Å². The highest BCUT2D eigenvalue weighted by molar-refractivity contribution is 6.12. The Kier molecular flexibility index (Phi) is 4.20. The zero-order chi connectivity index (χ0) is 17.1. The highest BCUT2D eigenvalue weighted by Gasteiger charge is 2.15. The van der Waals surface area contributed by atoms with E-state index in [2.05, 4.69) is 5.32 Å². The average molecular weight is 325 g/mol. The Morgan fingerprint density at radius 1 is 1.04 bits per heavy atom. The maximum atomic E-state index is 12.6. The van der Waals surface area contributed by atoms with E-state index < -0.39 is 11.5 Å². The molecule has 0 aliphatic rings. The van der Waals surface area contributed by atoms with Crippen LogP contribution in [0.3, 0.4) is 0 Å². The van der Waals surface area contributed by atoms with Crippen molar-refractivity contribution in [1.82, 2.24) is 0 Å². The van der Waals surface area contributed by atoms with Crippen LogP contribution in [0.2, 0.25) is 0 Å². The second kappa shape index (κ2) is 6.45. The van der Waals surface area contributed by atoms with E-state index in [1.54, 1.807) is 42.5 Å². The van der Waals surface area contributed by atoms with Crippen molar-refractivity contribution in [2.24, 2.45) is 0 Å². The molecule has 0 radical (unpaired) electrons. The molecule has 24 heavy (non-hydrogen) atoms. The summed E-state index contributed by atoms with van der Waals surface area (Å²) in [6, 6.07) is 11.9. The molecule has 122 valence electrons. The van der Waals surface area contributed by atoms with Crippen LogP contribution in [0.15, 0.2) is 57.9 Å². The third-order valence-corrected chi connectivity index (χ3v) is 3.62. The zero-order valence-corrected chi connectivity index (χ0v) is 13.2. The number of amides is 1. The molecule has 0 fully saturated rings. The van der Waals surface area contributed by atoms with Crippen LogP contribution in [0, 0.1) is 0 Å². The minimum Gasteiger partial charge on any atom is -0.497 e. The number of hydrogen-bond donors (Lipinski definition) is 1. The number of benzene rings is 2. The van der Waals surface area contributed by atoms with Gasteiger partial charge in [0.15, 0.2) is 0 Å². The first kappa shape index (κ1) is 15.6. The van der Waals surface area contributed by atoms with Crippen molar-refractivity contribution in [3.05, 3.63) is 64.7 Å². The molecule has 1 heterocycles. The number of rotatable bonds is 4. The molecule has 3 rings (SSSR count). The Balaban J connectivity index is 2.03. The molecule has 0 saturated heterocycles. The van der Waals surface area contributed by atoms with Gasteiger partial charge in [-0.3, -0.25) is 4.79 Å². The number of carbonyl (C=O) groups excluding carboxylic acids is 1. The number of nitrogens with one attached hydrogen (secondary N) is 1. The lowest BCUT2D eigenvalue weighted by Gasteiger charge is -2.12. The molecule has 0 aliphatic heterocycles. The van der Waals surface area contributed by atoms with Crippen LogP contribution in [0.4, 0.5) is 5.69 Å². The van der Waals surface area contributed by atoms with Crippen molar-refractivity contribution in [2.45, 2.75) is 0 Å². The molecule has 0 unspecified atom stereocenters. The molecule has 0 spiro atoms. The van der Waals surface area contributed by atoms with E-state index in [-0.39, 0.29) is 5.56 Å². The van der Waals surface area contributed by atoms with E-state index in [0.29, 0.717) is 28.0 Å². The molecule has 0 aliphatic carbocycles. The van der Waals surface area contributed by atoms with Gasteiger partial charge in [-0.25, -0.2) is 4.79 Å². The molecule has 0 bridgehead atoms. The van der Waals surface area contributed by atoms with E-state index in [4.69, 9.17) is 13.9 Å². The monoisotopic (exact) mass is 325 g/mol. The maximum Gasteiger partial charge on any atom is 0.343 e. The Morgan fingerprint density at radius 3 is 2.50 bits per heavy atom. The Bertz CT molecular complexity index is 961. The minimum absolute atomic E-state index is 0.259. The summed E-state index contributed by atoms with van der Waals surface area (Å²) >= 11 is 0. The highest BCUT2D eigenvalue weighted by Crippen LogP contribution is 2.29. The molecule has 0 atom stereocenters. The summed E-state index contributed by atoms with van der Waals surface area (Å²) in [4.78, 5) is 24.4. The molecule has 6 nitrogen and oxygen atoms in total. The second-order valence-corrected chi connectivity index (χ2v) is 5.00. The summed E-state index contributed by atoms with van der Waals surface area (Å²) in [6.45, 7) is 0. The Hall–Kier alpha value is -3.28. The van der Waals surface area contributed by atoms with E-state index in [1.165, 1.54) is 14.2 Å². The Morgan fingerprint density at radius 2 is 1.79 bits per heavy atom. The number of methoxy groups -OCH3 is 2. The zero-order valence-electron chi connectivity index (χ0n) is 13.2. The van der Waals surface area contributed by atoms with Gasteiger partial charge in [0.1, 0.15) is 17.8 Å². The van der Waals surface area contributed by atoms with Gasteiger partial charge in [0.05, 0.1) is 30.9 Å². The first-order valence-corrected chi connectivity index (χ1v) is 7.18. The molecule has 1 N–H and O–H groups in total. The van der Waals surface area contributed by atoms with Crippen LogP contribution < -0.4 is 20.4 Å². The van der Waals surface area contributed by atoms with E-state index >= 15 is 0 Å². The summed E-state index contributed by atoms with van der Waals surface area (Å²) in [5.41, 5.74) is 0.230. The van der Waals surface area contributed by atoms with E-state index in [9.17, 15) is 9.59 Å². The molecule has 6 heteroatoms. The summed E-state index contributed by atoms with van der Waals surface area (Å²) in [5, 5.41) is 3.63. The van der Waals surface area contributed by atoms with Crippen molar-refractivity contribution in [1.29, 1.82) is 0 Å². The summed E-state index contributed by atoms with van der Waals surface area (Å²) < 4.78 is 15.4. The topological polar surface area (TPSA) is 77.8 Å². The second-order valence-electron chi connectivity index (χ2n) is 5.00. The lowest BCUT2D eigenvalue weighted by atomic mass is 10.1. The third kappa shape index (κ3) is 2.81. The maximum absolute atomic E-state index is 12.6. The standard InChI is InChI=1S/C18H15NO5/c1-22-11-7-8-16(23-2)15(9-11)19-17(20)14-10-24-18(21)13-6-4-3-5-12(13)14/h3-10H,1-2H3,(H,19,20). The lowest BCUT2D eigenvalue weighted by Crippen LogP contribution is -2.15. The van der Waals surface area contributed by atoms with Crippen molar-refractivity contribution >= 4 is 22.4 Å². The fourth-order valence-corrected chi connectivity index (χ4v) is 2.41. The van der Waals surface area contributed by atoms with Gasteiger partial charge in [0.25, 0.3) is 5.91 Å². The number of ether oxygens (including phenoxy) is 2. The highest BCUT2D eigenvalue weighted by atomic mass is 16.5. The summed E-state index contributed by atoms with van der Waals surface area (Å²) in [6.07, 6.45) is 1.16. The normalized spacial score (nSPS) is 10.4. The fraction of sp³-hybridized carbons (Fsp3) is 0.111. The summed E-state index contributed by atoms with van der Waals surface area (Å²) in [7, 11) is 3.04. The minimum atomic E-state index is -0.485. The number of anilines is 1. The number of carbonyl (C=O) groups is 1. The van der Waals surface area contributed by atoms with Gasteiger partial charge in [-0.15, -0.1) is 0 Å². The van der Waals surface area contributed by atoms with Gasteiger partial charge in [0.2, 0.25) is 0 Å². The molecule has 1 aromatic heterocycles. The van der Waals surface area contributed by atoms with Crippen molar-refractivity contribution in [3.8, 4) is 11.5 Å². The molecular weight excluding hydrogens is 310 g/mol. The SMILES string of the molecule is COc1ccc(OC)c(NC(=O)c2coc(=O)c3ccccc23)c1. The lowest BCUT2D eigenvalue weighted by molar-refractivity contribution is 0.102. The predicted octanol–water partition coefficient (Wildman–Crippen LogP) is 3.06. The first-order valence-electron chi connectivity index (χ1n) is 7.18. The Labute approximate surface area is 137 Å². The van der Waals surface area contributed by atoms with Crippen molar-refractivity contribution in [2.75, 3.05) is 19.5 Å².